The van der Waals surface area contributed by atoms with Gasteiger partial charge in [-0.15, -0.1) is 22.7 Å². The van der Waals surface area contributed by atoms with Gasteiger partial charge in [-0.05, 0) is 122 Å². The van der Waals surface area contributed by atoms with Crippen LogP contribution in [0.15, 0.2) is 170 Å². The molecule has 2 heterocycles. The normalized spacial score (nSPS) is 11.3. The Balaban J connectivity index is 1.17. The first-order valence-corrected chi connectivity index (χ1v) is 19.4. The second kappa shape index (κ2) is 13.0. The molecule has 0 fully saturated rings. The predicted molar refractivity (Wildman–Crippen MR) is 229 cm³/mol. The average Bonchev–Trinajstić information content (AvgIpc) is 3.82. The highest BCUT2D eigenvalue weighted by atomic mass is 32.1. The Morgan fingerprint density at radius 2 is 0.685 bits per heavy atom. The Hall–Kier alpha value is -6.82. The lowest BCUT2D eigenvalue weighted by Crippen LogP contribution is -1.90. The summed E-state index contributed by atoms with van der Waals surface area (Å²) in [4.78, 5) is 0. The average molecular weight is 721 g/mol. The summed E-state index contributed by atoms with van der Waals surface area (Å²) < 4.78 is 4.93. The minimum Gasteiger partial charge on any atom is -0.192 e. The summed E-state index contributed by atoms with van der Waals surface area (Å²) in [6, 6.07) is 64.3. The molecule has 0 N–H and O–H groups in total. The quantitative estimate of drug-likeness (QED) is 0.178. The van der Waals surface area contributed by atoms with Crippen LogP contribution in [0.2, 0.25) is 0 Å². The molecule has 0 radical (unpaired) electrons. The summed E-state index contributed by atoms with van der Waals surface area (Å²) >= 11 is 3.59. The van der Waals surface area contributed by atoms with Gasteiger partial charge >= 0.3 is 0 Å². The number of thiophene rings is 2. The maximum Gasteiger partial charge on any atom is 0.0992 e. The minimum absolute atomic E-state index is 0.609. The van der Waals surface area contributed by atoms with Crippen LogP contribution in [0.5, 0.6) is 0 Å². The van der Waals surface area contributed by atoms with Gasteiger partial charge in [0.2, 0.25) is 0 Å². The van der Waals surface area contributed by atoms with Crippen molar-refractivity contribution in [2.75, 3.05) is 0 Å². The second-order valence-electron chi connectivity index (χ2n) is 13.5. The lowest BCUT2D eigenvalue weighted by atomic mass is 9.89. The molecule has 0 bridgehead atoms. The molecule has 2 aromatic heterocycles. The van der Waals surface area contributed by atoms with Gasteiger partial charge in [-0.3, -0.25) is 0 Å². The Kier molecular flexibility index (Phi) is 7.67. The van der Waals surface area contributed by atoms with E-state index >= 15 is 0 Å². The first-order valence-electron chi connectivity index (χ1n) is 17.8. The third-order valence-electron chi connectivity index (χ3n) is 10.3. The number of benzene rings is 8. The Morgan fingerprint density at radius 1 is 0.315 bits per heavy atom. The van der Waals surface area contributed by atoms with Crippen molar-refractivity contribution in [2.24, 2.45) is 0 Å². The van der Waals surface area contributed by atoms with Gasteiger partial charge in [0, 0.05) is 40.3 Å². The first-order chi connectivity index (χ1) is 26.6. The van der Waals surface area contributed by atoms with E-state index < -0.39 is 0 Å². The number of fused-ring (bicyclic) bond motifs is 6. The fraction of sp³-hybridized carbons (Fsp3) is 0. The van der Waals surface area contributed by atoms with Gasteiger partial charge in [0.05, 0.1) is 23.3 Å². The molecule has 0 spiro atoms. The van der Waals surface area contributed by atoms with Crippen LogP contribution in [0.4, 0.5) is 0 Å². The number of nitrogens with zero attached hydrogens (tertiary/aromatic N) is 2. The van der Waals surface area contributed by atoms with Crippen molar-refractivity contribution >= 4 is 63.0 Å². The van der Waals surface area contributed by atoms with Crippen LogP contribution in [0.3, 0.4) is 0 Å². The topological polar surface area (TPSA) is 47.6 Å². The van der Waals surface area contributed by atoms with E-state index in [9.17, 15) is 10.5 Å². The van der Waals surface area contributed by atoms with Gasteiger partial charge < -0.3 is 0 Å². The number of hydrogen-bond donors (Lipinski definition) is 0. The summed E-state index contributed by atoms with van der Waals surface area (Å²) in [5, 5.41) is 25.6. The minimum atomic E-state index is 0.609. The Bertz CT molecular complexity index is 3000. The molecule has 0 saturated heterocycles. The summed E-state index contributed by atoms with van der Waals surface area (Å²) in [6.07, 6.45) is 0. The molecule has 0 saturated carbocycles. The highest BCUT2D eigenvalue weighted by Crippen LogP contribution is 2.44. The summed E-state index contributed by atoms with van der Waals surface area (Å²) in [5.74, 6) is 0. The SMILES string of the molecule is N#Cc1cc(-c2cc(-c3ccccc3)cc(-c3cc(C#N)cc(-c4cccc5c4sc4ccccc45)c3)c2)cc(-c2cccc3c2sc2ccccc23)c1. The zero-order chi connectivity index (χ0) is 36.2. The van der Waals surface area contributed by atoms with Crippen molar-refractivity contribution in [3.8, 4) is 67.8 Å². The summed E-state index contributed by atoms with van der Waals surface area (Å²) in [7, 11) is 0. The van der Waals surface area contributed by atoms with Gasteiger partial charge in [0.1, 0.15) is 0 Å². The van der Waals surface area contributed by atoms with Crippen molar-refractivity contribution in [3.63, 3.8) is 0 Å². The molecule has 10 rings (SSSR count). The van der Waals surface area contributed by atoms with E-state index in [4.69, 9.17) is 0 Å². The van der Waals surface area contributed by atoms with E-state index in [0.717, 1.165) is 55.6 Å². The fourth-order valence-corrected chi connectivity index (χ4v) is 10.2. The van der Waals surface area contributed by atoms with Crippen molar-refractivity contribution in [1.29, 1.82) is 10.5 Å². The van der Waals surface area contributed by atoms with Crippen LogP contribution >= 0.6 is 22.7 Å². The first kappa shape index (κ1) is 31.9. The van der Waals surface area contributed by atoms with Crippen LogP contribution < -0.4 is 0 Å². The molecule has 0 atom stereocenters. The summed E-state index contributed by atoms with van der Waals surface area (Å²) in [5.41, 5.74) is 11.6. The van der Waals surface area contributed by atoms with Gasteiger partial charge in [-0.25, -0.2) is 0 Å². The Morgan fingerprint density at radius 3 is 1.17 bits per heavy atom. The van der Waals surface area contributed by atoms with Crippen LogP contribution in [-0.4, -0.2) is 0 Å². The van der Waals surface area contributed by atoms with E-state index in [1.165, 1.54) is 40.3 Å². The van der Waals surface area contributed by atoms with Gasteiger partial charge in [0.25, 0.3) is 0 Å². The largest absolute Gasteiger partial charge is 0.192 e. The maximum atomic E-state index is 10.3. The third kappa shape index (κ3) is 5.45. The number of nitriles is 2. The molecule has 0 aliphatic carbocycles. The molecular formula is C50H28N2S2. The molecule has 54 heavy (non-hydrogen) atoms. The molecule has 10 aromatic rings. The molecule has 4 heteroatoms. The second-order valence-corrected chi connectivity index (χ2v) is 15.7. The van der Waals surface area contributed by atoms with Crippen LogP contribution in [0.1, 0.15) is 11.1 Å². The fourth-order valence-electron chi connectivity index (χ4n) is 7.74. The zero-order valence-electron chi connectivity index (χ0n) is 28.9. The lowest BCUT2D eigenvalue weighted by molar-refractivity contribution is 1.47. The Labute approximate surface area is 320 Å². The number of hydrogen-bond acceptors (Lipinski definition) is 4. The molecule has 0 amide bonds. The van der Waals surface area contributed by atoms with Crippen molar-refractivity contribution in [1.82, 2.24) is 0 Å². The molecular weight excluding hydrogens is 693 g/mol. The number of rotatable bonds is 5. The molecule has 2 nitrogen and oxygen atoms in total. The molecule has 250 valence electrons. The molecule has 0 aliphatic rings. The van der Waals surface area contributed by atoms with Crippen molar-refractivity contribution in [2.45, 2.75) is 0 Å². The summed E-state index contributed by atoms with van der Waals surface area (Å²) in [6.45, 7) is 0. The molecule has 0 aliphatic heterocycles. The van der Waals surface area contributed by atoms with Crippen molar-refractivity contribution in [3.05, 3.63) is 181 Å². The van der Waals surface area contributed by atoms with Crippen molar-refractivity contribution < 1.29 is 0 Å². The van der Waals surface area contributed by atoms with E-state index in [1.54, 1.807) is 22.7 Å². The van der Waals surface area contributed by atoms with E-state index in [1.807, 2.05) is 30.3 Å². The third-order valence-corrected chi connectivity index (χ3v) is 12.7. The maximum absolute atomic E-state index is 10.3. The molecule has 0 unspecified atom stereocenters. The van der Waals surface area contributed by atoms with Gasteiger partial charge in [-0.1, -0.05) is 103 Å². The molecule has 8 aromatic carbocycles. The van der Waals surface area contributed by atoms with E-state index in [2.05, 4.69) is 152 Å². The lowest BCUT2D eigenvalue weighted by Gasteiger charge is -2.14. The zero-order valence-corrected chi connectivity index (χ0v) is 30.5. The van der Waals surface area contributed by atoms with Gasteiger partial charge in [0.15, 0.2) is 0 Å². The van der Waals surface area contributed by atoms with Crippen LogP contribution in [0, 0.1) is 22.7 Å². The van der Waals surface area contributed by atoms with Crippen LogP contribution in [0.25, 0.3) is 96.0 Å². The van der Waals surface area contributed by atoms with E-state index in [-0.39, 0.29) is 0 Å². The van der Waals surface area contributed by atoms with E-state index in [0.29, 0.717) is 11.1 Å². The predicted octanol–water partition coefficient (Wildman–Crippen LogP) is 14.5. The highest BCUT2D eigenvalue weighted by Gasteiger charge is 2.16. The highest BCUT2D eigenvalue weighted by molar-refractivity contribution is 7.26. The monoisotopic (exact) mass is 720 g/mol. The standard InChI is InChI=1S/C50H28N2S2/c51-29-31-20-34(27-39(22-31)41-14-8-16-45-43-12-4-6-18-47(43)53-49(41)45)37-24-36(33-10-2-1-3-11-33)25-38(26-37)35-21-32(30-52)23-40(28-35)42-15-9-17-46-44-13-5-7-19-48(44)54-50(42)46/h1-28H. The van der Waals surface area contributed by atoms with Crippen LogP contribution in [-0.2, 0) is 0 Å². The van der Waals surface area contributed by atoms with Gasteiger partial charge in [-0.2, -0.15) is 10.5 Å². The smallest absolute Gasteiger partial charge is 0.0992 e.